The summed E-state index contributed by atoms with van der Waals surface area (Å²) in [4.78, 5) is 10.9. The highest BCUT2D eigenvalue weighted by molar-refractivity contribution is 5.91. The van der Waals surface area contributed by atoms with Gasteiger partial charge >= 0.3 is 0 Å². The fourth-order valence-electron chi connectivity index (χ4n) is 3.44. The lowest BCUT2D eigenvalue weighted by molar-refractivity contribution is -0.264. The Morgan fingerprint density at radius 3 is 2.69 bits per heavy atom. The van der Waals surface area contributed by atoms with E-state index in [0.717, 1.165) is 33.6 Å². The Labute approximate surface area is 170 Å². The standard InChI is InChI=1S/C25H23FO3/c1-2-27-17-23-16-21-15-20(11-12-25(21)29-28-23)24(19-8-4-3-5-9-19)14-18-7-6-10-22(26)13-18/h3-15,23H,2,16-17H2,1H3. The Morgan fingerprint density at radius 2 is 1.90 bits per heavy atom. The predicted molar refractivity (Wildman–Crippen MR) is 112 cm³/mol. The fourth-order valence-corrected chi connectivity index (χ4v) is 3.44. The van der Waals surface area contributed by atoms with E-state index < -0.39 is 0 Å². The molecule has 0 aromatic heterocycles. The van der Waals surface area contributed by atoms with Crippen molar-refractivity contribution in [3.63, 3.8) is 0 Å². The molecule has 3 aromatic carbocycles. The van der Waals surface area contributed by atoms with Crippen molar-refractivity contribution < 1.29 is 18.9 Å². The SMILES string of the molecule is CCOCC1Cc2cc(C(=Cc3cccc(F)c3)c3ccccc3)ccc2OO1. The monoisotopic (exact) mass is 390 g/mol. The summed E-state index contributed by atoms with van der Waals surface area (Å²) in [5.41, 5.74) is 5.01. The number of ether oxygens (including phenoxy) is 1. The van der Waals surface area contributed by atoms with Crippen molar-refractivity contribution in [2.75, 3.05) is 13.2 Å². The van der Waals surface area contributed by atoms with Crippen LogP contribution >= 0.6 is 0 Å². The summed E-state index contributed by atoms with van der Waals surface area (Å²) in [6.45, 7) is 3.09. The molecule has 1 heterocycles. The zero-order chi connectivity index (χ0) is 20.1. The second kappa shape index (κ2) is 9.03. The Hall–Kier alpha value is -2.95. The van der Waals surface area contributed by atoms with Crippen LogP contribution in [0.3, 0.4) is 0 Å². The molecule has 1 atom stereocenters. The topological polar surface area (TPSA) is 27.7 Å². The van der Waals surface area contributed by atoms with Crippen LogP contribution in [0.25, 0.3) is 11.6 Å². The van der Waals surface area contributed by atoms with Gasteiger partial charge in [0, 0.05) is 18.6 Å². The molecule has 0 N–H and O–H groups in total. The van der Waals surface area contributed by atoms with Gasteiger partial charge in [-0.2, -0.15) is 4.89 Å². The van der Waals surface area contributed by atoms with E-state index >= 15 is 0 Å². The van der Waals surface area contributed by atoms with Gasteiger partial charge in [0.1, 0.15) is 11.9 Å². The number of fused-ring (bicyclic) bond motifs is 1. The van der Waals surface area contributed by atoms with Gasteiger partial charge in [0.2, 0.25) is 0 Å². The van der Waals surface area contributed by atoms with Crippen LogP contribution in [0.2, 0.25) is 0 Å². The molecule has 1 aliphatic rings. The van der Waals surface area contributed by atoms with Gasteiger partial charge in [0.15, 0.2) is 5.75 Å². The fraction of sp³-hybridized carbons (Fsp3) is 0.200. The molecule has 3 aromatic rings. The molecule has 0 bridgehead atoms. The van der Waals surface area contributed by atoms with Crippen LogP contribution in [-0.2, 0) is 16.0 Å². The van der Waals surface area contributed by atoms with Crippen LogP contribution in [-0.4, -0.2) is 19.3 Å². The van der Waals surface area contributed by atoms with Crippen molar-refractivity contribution in [3.05, 3.63) is 101 Å². The van der Waals surface area contributed by atoms with Crippen molar-refractivity contribution in [3.8, 4) is 5.75 Å². The predicted octanol–water partition coefficient (Wildman–Crippen LogP) is 5.69. The number of benzene rings is 3. The molecule has 1 unspecified atom stereocenters. The third kappa shape index (κ3) is 4.73. The van der Waals surface area contributed by atoms with Gasteiger partial charge in [-0.15, -0.1) is 0 Å². The van der Waals surface area contributed by atoms with E-state index in [2.05, 4.69) is 18.2 Å². The largest absolute Gasteiger partial charge is 0.379 e. The summed E-state index contributed by atoms with van der Waals surface area (Å²) >= 11 is 0. The minimum atomic E-state index is -0.249. The second-order valence-electron chi connectivity index (χ2n) is 6.97. The first-order valence-electron chi connectivity index (χ1n) is 9.80. The summed E-state index contributed by atoms with van der Waals surface area (Å²) in [5, 5.41) is 0. The van der Waals surface area contributed by atoms with Gasteiger partial charge in [0.05, 0.1) is 6.61 Å². The first-order chi connectivity index (χ1) is 14.2. The molecule has 0 spiro atoms. The van der Waals surface area contributed by atoms with Crippen molar-refractivity contribution in [2.45, 2.75) is 19.4 Å². The third-order valence-corrected chi connectivity index (χ3v) is 4.85. The number of hydrogen-bond donors (Lipinski definition) is 0. The normalized spacial score (nSPS) is 16.2. The number of rotatable bonds is 6. The van der Waals surface area contributed by atoms with Gasteiger partial charge < -0.3 is 9.62 Å². The zero-order valence-corrected chi connectivity index (χ0v) is 16.3. The van der Waals surface area contributed by atoms with Gasteiger partial charge in [0.25, 0.3) is 0 Å². The number of halogens is 1. The molecule has 4 heteroatoms. The molecular formula is C25H23FO3. The average molecular weight is 390 g/mol. The van der Waals surface area contributed by atoms with Gasteiger partial charge in [-0.25, -0.2) is 4.39 Å². The maximum atomic E-state index is 13.7. The van der Waals surface area contributed by atoms with E-state index in [9.17, 15) is 4.39 Å². The van der Waals surface area contributed by atoms with Crippen LogP contribution in [0.5, 0.6) is 5.75 Å². The first-order valence-corrected chi connectivity index (χ1v) is 9.80. The third-order valence-electron chi connectivity index (χ3n) is 4.85. The van der Waals surface area contributed by atoms with E-state index in [1.165, 1.54) is 12.1 Å². The van der Waals surface area contributed by atoms with Crippen molar-refractivity contribution in [1.29, 1.82) is 0 Å². The molecule has 0 saturated carbocycles. The smallest absolute Gasteiger partial charge is 0.168 e. The Morgan fingerprint density at radius 1 is 1.03 bits per heavy atom. The molecule has 148 valence electrons. The summed E-state index contributed by atoms with van der Waals surface area (Å²) in [7, 11) is 0. The van der Waals surface area contributed by atoms with Crippen LogP contribution in [0.1, 0.15) is 29.2 Å². The molecule has 0 fully saturated rings. The van der Waals surface area contributed by atoms with Crippen LogP contribution in [0, 0.1) is 5.82 Å². The molecule has 1 aliphatic heterocycles. The van der Waals surface area contributed by atoms with Crippen molar-refractivity contribution in [2.24, 2.45) is 0 Å². The van der Waals surface area contributed by atoms with Crippen LogP contribution < -0.4 is 4.89 Å². The molecule has 3 nitrogen and oxygen atoms in total. The lowest BCUT2D eigenvalue weighted by Crippen LogP contribution is -2.28. The minimum Gasteiger partial charge on any atom is -0.379 e. The molecule has 29 heavy (non-hydrogen) atoms. The number of hydrogen-bond acceptors (Lipinski definition) is 3. The van der Waals surface area contributed by atoms with Gasteiger partial charge in [-0.3, -0.25) is 0 Å². The average Bonchev–Trinajstić information content (AvgIpc) is 2.76. The maximum absolute atomic E-state index is 13.7. The quantitative estimate of drug-likeness (QED) is 0.400. The minimum absolute atomic E-state index is 0.134. The summed E-state index contributed by atoms with van der Waals surface area (Å²) < 4.78 is 19.2. The molecule has 0 radical (unpaired) electrons. The molecule has 0 amide bonds. The zero-order valence-electron chi connectivity index (χ0n) is 16.3. The highest BCUT2D eigenvalue weighted by Gasteiger charge is 2.22. The van der Waals surface area contributed by atoms with E-state index in [4.69, 9.17) is 14.5 Å². The first kappa shape index (κ1) is 19.4. The van der Waals surface area contributed by atoms with Crippen molar-refractivity contribution in [1.82, 2.24) is 0 Å². The molecule has 4 rings (SSSR count). The maximum Gasteiger partial charge on any atom is 0.168 e. The van der Waals surface area contributed by atoms with E-state index in [1.54, 1.807) is 6.07 Å². The molecule has 0 aliphatic carbocycles. The lowest BCUT2D eigenvalue weighted by Gasteiger charge is -2.24. The summed E-state index contributed by atoms with van der Waals surface area (Å²) in [6.07, 6.45) is 2.59. The highest BCUT2D eigenvalue weighted by atomic mass is 19.1. The summed E-state index contributed by atoms with van der Waals surface area (Å²) in [5.74, 6) is 0.473. The molecular weight excluding hydrogens is 367 g/mol. The van der Waals surface area contributed by atoms with Crippen LogP contribution in [0.4, 0.5) is 4.39 Å². The van der Waals surface area contributed by atoms with E-state index in [-0.39, 0.29) is 11.9 Å². The second-order valence-corrected chi connectivity index (χ2v) is 6.97. The van der Waals surface area contributed by atoms with Gasteiger partial charge in [-0.05, 0) is 59.5 Å². The van der Waals surface area contributed by atoms with Gasteiger partial charge in [-0.1, -0.05) is 48.5 Å². The Bertz CT molecular complexity index is 998. The van der Waals surface area contributed by atoms with Crippen molar-refractivity contribution >= 4 is 11.6 Å². The highest BCUT2D eigenvalue weighted by Crippen LogP contribution is 2.33. The summed E-state index contributed by atoms with van der Waals surface area (Å²) in [6, 6.07) is 22.8. The Kier molecular flexibility index (Phi) is 6.03. The lowest BCUT2D eigenvalue weighted by atomic mass is 9.93. The molecule has 0 saturated heterocycles. The van der Waals surface area contributed by atoms with E-state index in [0.29, 0.717) is 19.6 Å². The van der Waals surface area contributed by atoms with Crippen LogP contribution in [0.15, 0.2) is 72.8 Å². The van der Waals surface area contributed by atoms with E-state index in [1.807, 2.05) is 49.4 Å². The Balaban J connectivity index is 1.72.